The van der Waals surface area contributed by atoms with Gasteiger partial charge in [0.1, 0.15) is 0 Å². The molecule has 0 aliphatic carbocycles. The highest BCUT2D eigenvalue weighted by molar-refractivity contribution is 14.1. The third kappa shape index (κ3) is 5.24. The van der Waals surface area contributed by atoms with Gasteiger partial charge >= 0.3 is 0 Å². The van der Waals surface area contributed by atoms with E-state index in [1.165, 1.54) is 0 Å². The van der Waals surface area contributed by atoms with Crippen LogP contribution in [0.5, 0.6) is 0 Å². The van der Waals surface area contributed by atoms with Gasteiger partial charge in [0.15, 0.2) is 0 Å². The smallest absolute Gasteiger partial charge is 0.0354 e. The lowest BCUT2D eigenvalue weighted by Crippen LogP contribution is -2.19. The van der Waals surface area contributed by atoms with E-state index < -0.39 is 0 Å². The van der Waals surface area contributed by atoms with Crippen LogP contribution < -0.4 is 5.73 Å². The molecule has 0 bridgehead atoms. The molecule has 0 aromatic rings. The van der Waals surface area contributed by atoms with E-state index in [1.807, 2.05) is 11.8 Å². The van der Waals surface area contributed by atoms with Crippen LogP contribution in [0.2, 0.25) is 0 Å². The maximum Gasteiger partial charge on any atom is 0.0354 e. The van der Waals surface area contributed by atoms with Crippen molar-refractivity contribution in [2.45, 2.75) is 12.5 Å². The Kier molecular flexibility index (Phi) is 6.04. The van der Waals surface area contributed by atoms with Gasteiger partial charge in [-0.05, 0) is 41.0 Å². The summed E-state index contributed by atoms with van der Waals surface area (Å²) in [5, 5.41) is 0. The summed E-state index contributed by atoms with van der Waals surface area (Å²) in [6.07, 6.45) is 3.13. The first-order chi connectivity index (χ1) is 4.18. The fraction of sp³-hybridized carbons (Fsp3) is 0.667. The summed E-state index contributed by atoms with van der Waals surface area (Å²) in [6, 6.07) is 0.193. The van der Waals surface area contributed by atoms with E-state index in [-0.39, 0.29) is 6.04 Å². The molecule has 0 aliphatic rings. The van der Waals surface area contributed by atoms with Gasteiger partial charge in [-0.15, -0.1) is 0 Å². The first-order valence-corrected chi connectivity index (χ1v) is 5.24. The van der Waals surface area contributed by atoms with Crippen LogP contribution in [0.4, 0.5) is 0 Å². The first-order valence-electron chi connectivity index (χ1n) is 2.77. The standard InChI is InChI=1S/C6H12INS/c1-5(7)6(8)3-4-9-2/h6H,1,3-4,8H2,2H3/t6-/m0/s1. The van der Waals surface area contributed by atoms with Crippen LogP contribution in [0.1, 0.15) is 6.42 Å². The number of hydrogen-bond donors (Lipinski definition) is 1. The minimum absolute atomic E-state index is 0.193. The zero-order valence-corrected chi connectivity index (χ0v) is 8.54. The van der Waals surface area contributed by atoms with Crippen molar-refractivity contribution >= 4 is 34.4 Å². The van der Waals surface area contributed by atoms with E-state index in [9.17, 15) is 0 Å². The number of nitrogens with two attached hydrogens (primary N) is 1. The Morgan fingerprint density at radius 2 is 2.44 bits per heavy atom. The van der Waals surface area contributed by atoms with Crippen LogP contribution in [0.3, 0.4) is 0 Å². The van der Waals surface area contributed by atoms with Crippen LogP contribution in [0, 0.1) is 0 Å². The lowest BCUT2D eigenvalue weighted by Gasteiger charge is -2.06. The molecule has 3 heteroatoms. The molecule has 0 aliphatic heterocycles. The zero-order valence-electron chi connectivity index (χ0n) is 5.56. The van der Waals surface area contributed by atoms with Crippen molar-refractivity contribution < 1.29 is 0 Å². The summed E-state index contributed by atoms with van der Waals surface area (Å²) in [4.78, 5) is 0. The summed E-state index contributed by atoms with van der Waals surface area (Å²) in [5.41, 5.74) is 5.68. The van der Waals surface area contributed by atoms with Crippen LogP contribution in [-0.2, 0) is 0 Å². The zero-order chi connectivity index (χ0) is 7.28. The molecule has 0 fully saturated rings. The number of thioether (sulfide) groups is 1. The molecule has 0 heterocycles. The summed E-state index contributed by atoms with van der Waals surface area (Å²) < 4.78 is 1.06. The first kappa shape index (κ1) is 9.78. The van der Waals surface area contributed by atoms with E-state index in [0.717, 1.165) is 15.8 Å². The Labute approximate surface area is 74.6 Å². The van der Waals surface area contributed by atoms with Crippen LogP contribution in [0.25, 0.3) is 0 Å². The molecule has 9 heavy (non-hydrogen) atoms. The highest BCUT2D eigenvalue weighted by Gasteiger charge is 2.01. The van der Waals surface area contributed by atoms with Crippen LogP contribution >= 0.6 is 34.4 Å². The molecule has 0 spiro atoms. The van der Waals surface area contributed by atoms with Gasteiger partial charge in [-0.3, -0.25) is 0 Å². The second kappa shape index (κ2) is 5.56. The van der Waals surface area contributed by atoms with Crippen molar-refractivity contribution in [3.8, 4) is 0 Å². The van der Waals surface area contributed by atoms with Crippen molar-refractivity contribution in [3.05, 3.63) is 10.2 Å². The van der Waals surface area contributed by atoms with Gasteiger partial charge in [0, 0.05) is 9.62 Å². The topological polar surface area (TPSA) is 26.0 Å². The Bertz CT molecular complexity index is 95.1. The van der Waals surface area contributed by atoms with Crippen molar-refractivity contribution in [2.24, 2.45) is 5.73 Å². The van der Waals surface area contributed by atoms with Crippen LogP contribution in [0.15, 0.2) is 10.2 Å². The van der Waals surface area contributed by atoms with Gasteiger partial charge in [-0.25, -0.2) is 0 Å². The third-order valence-corrected chi connectivity index (χ3v) is 2.48. The van der Waals surface area contributed by atoms with E-state index in [2.05, 4.69) is 35.4 Å². The van der Waals surface area contributed by atoms with Gasteiger partial charge in [-0.2, -0.15) is 11.8 Å². The number of halogens is 1. The lowest BCUT2D eigenvalue weighted by atomic mass is 10.2. The van der Waals surface area contributed by atoms with Gasteiger partial charge in [0.25, 0.3) is 0 Å². The minimum atomic E-state index is 0.193. The maximum absolute atomic E-state index is 5.68. The third-order valence-electron chi connectivity index (χ3n) is 1.04. The maximum atomic E-state index is 5.68. The molecule has 0 radical (unpaired) electrons. The van der Waals surface area contributed by atoms with Crippen molar-refractivity contribution in [2.75, 3.05) is 12.0 Å². The van der Waals surface area contributed by atoms with Gasteiger partial charge in [0.2, 0.25) is 0 Å². The van der Waals surface area contributed by atoms with Crippen molar-refractivity contribution in [3.63, 3.8) is 0 Å². The van der Waals surface area contributed by atoms with Crippen molar-refractivity contribution in [1.29, 1.82) is 0 Å². The quantitative estimate of drug-likeness (QED) is 0.780. The van der Waals surface area contributed by atoms with Gasteiger partial charge < -0.3 is 5.73 Å². The fourth-order valence-electron chi connectivity index (χ4n) is 0.401. The van der Waals surface area contributed by atoms with E-state index >= 15 is 0 Å². The fourth-order valence-corrected chi connectivity index (χ4v) is 1.20. The molecular formula is C6H12INS. The Balaban J connectivity index is 3.27. The van der Waals surface area contributed by atoms with Gasteiger partial charge in [-0.1, -0.05) is 6.58 Å². The minimum Gasteiger partial charge on any atom is -0.324 e. The molecule has 1 atom stereocenters. The molecule has 0 aromatic heterocycles. The molecule has 0 saturated heterocycles. The molecule has 0 rings (SSSR count). The van der Waals surface area contributed by atoms with Crippen molar-refractivity contribution in [1.82, 2.24) is 0 Å². The summed E-state index contributed by atoms with van der Waals surface area (Å²) in [6.45, 7) is 3.76. The van der Waals surface area contributed by atoms with E-state index in [0.29, 0.717) is 0 Å². The van der Waals surface area contributed by atoms with Gasteiger partial charge in [0.05, 0.1) is 0 Å². The van der Waals surface area contributed by atoms with E-state index in [1.54, 1.807) is 0 Å². The highest BCUT2D eigenvalue weighted by Crippen LogP contribution is 2.11. The molecule has 2 N–H and O–H groups in total. The lowest BCUT2D eigenvalue weighted by molar-refractivity contribution is 0.788. The SMILES string of the molecule is C=C(I)[C@@H](N)CCSC. The summed E-state index contributed by atoms with van der Waals surface area (Å²) >= 11 is 4.00. The number of hydrogen-bond acceptors (Lipinski definition) is 2. The Morgan fingerprint density at radius 1 is 1.89 bits per heavy atom. The molecule has 0 amide bonds. The number of rotatable bonds is 4. The molecule has 0 unspecified atom stereocenters. The summed E-state index contributed by atoms with van der Waals surface area (Å²) in [5.74, 6) is 1.13. The predicted octanol–water partition coefficient (Wildman–Crippen LogP) is 2.02. The average Bonchev–Trinajstić information content (AvgIpc) is 1.82. The second-order valence-corrected chi connectivity index (χ2v) is 4.21. The highest BCUT2D eigenvalue weighted by atomic mass is 127. The van der Waals surface area contributed by atoms with Crippen LogP contribution in [-0.4, -0.2) is 18.1 Å². The normalized spacial score (nSPS) is 13.2. The molecule has 54 valence electrons. The monoisotopic (exact) mass is 257 g/mol. The second-order valence-electron chi connectivity index (χ2n) is 1.83. The molecular weight excluding hydrogens is 245 g/mol. The molecule has 1 nitrogen and oxygen atoms in total. The summed E-state index contributed by atoms with van der Waals surface area (Å²) in [7, 11) is 0. The Hall–Kier alpha value is 0.780. The largest absolute Gasteiger partial charge is 0.324 e. The average molecular weight is 257 g/mol. The predicted molar refractivity (Wildman–Crippen MR) is 54.1 cm³/mol. The molecule has 0 saturated carbocycles. The molecule has 0 aromatic carbocycles. The van der Waals surface area contributed by atoms with E-state index in [4.69, 9.17) is 5.73 Å². The Morgan fingerprint density at radius 3 is 2.78 bits per heavy atom.